The molecule has 11 heteroatoms. The number of ether oxygens (including phenoxy) is 1. The number of fused-ring (bicyclic) bond motifs is 1. The van der Waals surface area contributed by atoms with Gasteiger partial charge in [-0.25, -0.2) is 4.98 Å². The van der Waals surface area contributed by atoms with Crippen molar-refractivity contribution in [3.05, 3.63) is 93.3 Å². The van der Waals surface area contributed by atoms with Crippen molar-refractivity contribution in [1.82, 2.24) is 20.4 Å². The molecule has 34 heavy (non-hydrogen) atoms. The van der Waals surface area contributed by atoms with Crippen molar-refractivity contribution in [2.75, 3.05) is 0 Å². The second kappa shape index (κ2) is 9.59. The van der Waals surface area contributed by atoms with Crippen LogP contribution in [0.15, 0.2) is 66.7 Å². The van der Waals surface area contributed by atoms with Crippen LogP contribution in [0.1, 0.15) is 16.2 Å². The highest BCUT2D eigenvalue weighted by atomic mass is 35.5. The summed E-state index contributed by atoms with van der Waals surface area (Å²) in [5.41, 5.74) is 6.38. The van der Waals surface area contributed by atoms with Crippen LogP contribution in [0.3, 0.4) is 0 Å². The van der Waals surface area contributed by atoms with Gasteiger partial charge in [0.05, 0.1) is 22.4 Å². The number of rotatable bonds is 6. The van der Waals surface area contributed by atoms with Gasteiger partial charge in [0.15, 0.2) is 0 Å². The van der Waals surface area contributed by atoms with E-state index >= 15 is 0 Å². The van der Waals surface area contributed by atoms with E-state index < -0.39 is 16.7 Å². The maximum Gasteiger partial charge on any atom is 0.313 e. The van der Waals surface area contributed by atoms with Crippen molar-refractivity contribution in [1.29, 1.82) is 0 Å². The molecule has 0 bridgehead atoms. The van der Waals surface area contributed by atoms with Crippen molar-refractivity contribution >= 4 is 40.1 Å². The number of halogens is 1. The fourth-order valence-electron chi connectivity index (χ4n) is 3.26. The summed E-state index contributed by atoms with van der Waals surface area (Å²) in [6, 6.07) is 17.5. The summed E-state index contributed by atoms with van der Waals surface area (Å²) >= 11 is 5.80. The van der Waals surface area contributed by atoms with E-state index in [2.05, 4.69) is 15.8 Å². The number of carbonyl (C=O) groups excluding carboxylic acids is 2. The van der Waals surface area contributed by atoms with Gasteiger partial charge in [-0.1, -0.05) is 23.7 Å². The average molecular weight is 480 g/mol. The molecule has 0 aliphatic carbocycles. The number of aryl methyl sites for hydroxylation is 1. The predicted octanol–water partition coefficient (Wildman–Crippen LogP) is 3.93. The molecule has 2 amide bonds. The van der Waals surface area contributed by atoms with E-state index in [1.54, 1.807) is 0 Å². The number of aromatic nitrogens is 2. The number of benzene rings is 3. The second-order valence-electron chi connectivity index (χ2n) is 7.25. The fourth-order valence-corrected chi connectivity index (χ4v) is 3.43. The second-order valence-corrected chi connectivity index (χ2v) is 7.69. The van der Waals surface area contributed by atoms with Crippen molar-refractivity contribution in [2.24, 2.45) is 7.05 Å². The number of amides is 2. The highest BCUT2D eigenvalue weighted by Gasteiger charge is 2.17. The van der Waals surface area contributed by atoms with Crippen LogP contribution in [0.25, 0.3) is 11.0 Å². The zero-order chi connectivity index (χ0) is 24.2. The average Bonchev–Trinajstić information content (AvgIpc) is 3.14. The first-order chi connectivity index (χ1) is 16.3. The standard InChI is InChI=1S/C23H18ClN5O5/c1-28-18-5-3-2-4-17(18)25-21(28)13-22(30)26-27-23(31)14-6-9-16(10-7-14)34-20-11-8-15(24)12-19(20)29(32)33/h2-12H,13H2,1H3,(H,26,30)(H,27,31). The highest BCUT2D eigenvalue weighted by molar-refractivity contribution is 6.30. The Hall–Kier alpha value is -4.44. The Balaban J connectivity index is 1.35. The molecule has 0 aliphatic rings. The summed E-state index contributed by atoms with van der Waals surface area (Å²) in [6.45, 7) is 0. The van der Waals surface area contributed by atoms with Gasteiger partial charge in [-0.05, 0) is 48.5 Å². The number of nitro groups is 1. The van der Waals surface area contributed by atoms with Gasteiger partial charge in [0.1, 0.15) is 11.6 Å². The van der Waals surface area contributed by atoms with E-state index in [1.807, 2.05) is 35.9 Å². The van der Waals surface area contributed by atoms with Crippen molar-refractivity contribution < 1.29 is 19.2 Å². The number of hydrogen-bond acceptors (Lipinski definition) is 6. The Morgan fingerprint density at radius 1 is 1.09 bits per heavy atom. The Morgan fingerprint density at radius 2 is 1.82 bits per heavy atom. The van der Waals surface area contributed by atoms with Gasteiger partial charge in [-0.2, -0.15) is 0 Å². The third-order valence-electron chi connectivity index (χ3n) is 4.98. The number of nitrogens with one attached hydrogen (secondary N) is 2. The van der Waals surface area contributed by atoms with E-state index in [1.165, 1.54) is 42.5 Å². The molecule has 172 valence electrons. The number of imidazole rings is 1. The summed E-state index contributed by atoms with van der Waals surface area (Å²) in [5, 5.41) is 11.4. The molecule has 4 aromatic rings. The molecule has 1 heterocycles. The Kier molecular flexibility index (Phi) is 6.42. The molecule has 0 radical (unpaired) electrons. The molecule has 2 N–H and O–H groups in total. The van der Waals surface area contributed by atoms with Crippen LogP contribution in [-0.2, 0) is 18.3 Å². The predicted molar refractivity (Wildman–Crippen MR) is 125 cm³/mol. The number of nitrogens with zero attached hydrogens (tertiary/aromatic N) is 3. The summed E-state index contributed by atoms with van der Waals surface area (Å²) in [5.74, 6) is -0.108. The smallest absolute Gasteiger partial charge is 0.313 e. The third-order valence-corrected chi connectivity index (χ3v) is 5.21. The molecule has 1 aromatic heterocycles. The lowest BCUT2D eigenvalue weighted by molar-refractivity contribution is -0.385. The quantitative estimate of drug-likeness (QED) is 0.318. The van der Waals surface area contributed by atoms with Crippen LogP contribution in [0, 0.1) is 10.1 Å². The number of para-hydroxylation sites is 2. The molecule has 10 nitrogen and oxygen atoms in total. The van der Waals surface area contributed by atoms with Crippen LogP contribution >= 0.6 is 11.6 Å². The van der Waals surface area contributed by atoms with E-state index in [4.69, 9.17) is 16.3 Å². The molecule has 0 saturated heterocycles. The number of nitro benzene ring substituents is 1. The zero-order valence-corrected chi connectivity index (χ0v) is 18.6. The number of hydrazine groups is 1. The first-order valence-electron chi connectivity index (χ1n) is 10.0. The Bertz CT molecular complexity index is 1400. The van der Waals surface area contributed by atoms with Gasteiger partial charge in [0.2, 0.25) is 11.7 Å². The van der Waals surface area contributed by atoms with Gasteiger partial charge >= 0.3 is 5.69 Å². The van der Waals surface area contributed by atoms with E-state index in [-0.39, 0.29) is 34.2 Å². The maximum absolute atomic E-state index is 12.4. The molecule has 4 rings (SSSR count). The molecule has 0 spiro atoms. The van der Waals surface area contributed by atoms with Gasteiger partial charge in [-0.3, -0.25) is 30.6 Å². The van der Waals surface area contributed by atoms with Crippen LogP contribution < -0.4 is 15.6 Å². The first-order valence-corrected chi connectivity index (χ1v) is 10.4. The first kappa shape index (κ1) is 22.7. The number of hydrogen-bond donors (Lipinski definition) is 2. The van der Waals surface area contributed by atoms with Crippen molar-refractivity contribution in [3.8, 4) is 11.5 Å². The Labute approximate surface area is 198 Å². The SMILES string of the molecule is Cn1c(CC(=O)NNC(=O)c2ccc(Oc3ccc(Cl)cc3[N+](=O)[O-])cc2)nc2ccccc21. The Morgan fingerprint density at radius 3 is 2.53 bits per heavy atom. The topological polar surface area (TPSA) is 128 Å². The summed E-state index contributed by atoms with van der Waals surface area (Å²) in [7, 11) is 1.82. The van der Waals surface area contributed by atoms with Crippen LogP contribution in [0.5, 0.6) is 11.5 Å². The van der Waals surface area contributed by atoms with E-state index in [0.717, 1.165) is 11.0 Å². The van der Waals surface area contributed by atoms with E-state index in [9.17, 15) is 19.7 Å². The molecule has 0 atom stereocenters. The molecular formula is C23H18ClN5O5. The lowest BCUT2D eigenvalue weighted by atomic mass is 10.2. The minimum absolute atomic E-state index is 0.0146. The third kappa shape index (κ3) is 4.97. The lowest BCUT2D eigenvalue weighted by Crippen LogP contribution is -2.42. The lowest BCUT2D eigenvalue weighted by Gasteiger charge is -2.09. The van der Waals surface area contributed by atoms with Crippen LogP contribution in [0.2, 0.25) is 5.02 Å². The molecule has 0 aliphatic heterocycles. The molecule has 0 unspecified atom stereocenters. The highest BCUT2D eigenvalue weighted by Crippen LogP contribution is 2.33. The number of carbonyl (C=O) groups is 2. The van der Waals surface area contributed by atoms with Gasteiger partial charge < -0.3 is 9.30 Å². The summed E-state index contributed by atoms with van der Waals surface area (Å²) < 4.78 is 7.37. The van der Waals surface area contributed by atoms with Crippen molar-refractivity contribution in [2.45, 2.75) is 6.42 Å². The molecule has 0 fully saturated rings. The van der Waals surface area contributed by atoms with Gasteiger partial charge in [0, 0.05) is 23.7 Å². The van der Waals surface area contributed by atoms with Gasteiger partial charge in [0.25, 0.3) is 5.91 Å². The zero-order valence-electron chi connectivity index (χ0n) is 17.8. The molecular weight excluding hydrogens is 462 g/mol. The van der Waals surface area contributed by atoms with Crippen molar-refractivity contribution in [3.63, 3.8) is 0 Å². The fraction of sp³-hybridized carbons (Fsp3) is 0.0870. The van der Waals surface area contributed by atoms with E-state index in [0.29, 0.717) is 5.82 Å². The largest absolute Gasteiger partial charge is 0.450 e. The summed E-state index contributed by atoms with van der Waals surface area (Å²) in [4.78, 5) is 39.7. The summed E-state index contributed by atoms with van der Waals surface area (Å²) in [6.07, 6.45) is -0.0158. The minimum Gasteiger partial charge on any atom is -0.450 e. The monoisotopic (exact) mass is 479 g/mol. The minimum atomic E-state index is -0.598. The normalized spacial score (nSPS) is 10.6. The molecule has 3 aromatic carbocycles. The molecule has 0 saturated carbocycles. The van der Waals surface area contributed by atoms with Gasteiger partial charge in [-0.15, -0.1) is 0 Å². The van der Waals surface area contributed by atoms with Crippen LogP contribution in [-0.4, -0.2) is 26.3 Å². The maximum atomic E-state index is 12.4. The van der Waals surface area contributed by atoms with Crippen LogP contribution in [0.4, 0.5) is 5.69 Å².